The Labute approximate surface area is 517 Å². The molecule has 2 aliphatic rings. The summed E-state index contributed by atoms with van der Waals surface area (Å²) in [5, 5.41) is 65.4. The number of likely N-dealkylation sites (tertiary alicyclic amines) is 2. The first kappa shape index (κ1) is 75.9. The number of aliphatic hydroxyl groups excluding tert-OH is 1. The lowest BCUT2D eigenvalue weighted by Crippen LogP contribution is -2.61. The van der Waals surface area contributed by atoms with Crippen LogP contribution in [0.15, 0.2) is 24.3 Å². The number of amides is 10. The molecule has 2 fully saturated rings. The molecule has 0 radical (unpaired) electrons. The number of nitrogens with zero attached hydrogens (tertiary/aromatic N) is 2. The van der Waals surface area contributed by atoms with Gasteiger partial charge < -0.3 is 88.5 Å². The molecule has 0 saturated carbocycles. The smallest absolute Gasteiger partial charge is 0.481 e. The van der Waals surface area contributed by atoms with E-state index in [4.69, 9.17) is 11.5 Å². The molecule has 1 aromatic carbocycles. The van der Waals surface area contributed by atoms with Crippen molar-refractivity contribution in [2.45, 2.75) is 197 Å². The molecule has 18 N–H and O–H groups in total. The van der Waals surface area contributed by atoms with Gasteiger partial charge in [0, 0.05) is 45.2 Å². The lowest BCUT2D eigenvalue weighted by atomic mass is 9.96. The summed E-state index contributed by atoms with van der Waals surface area (Å²) in [6.45, 7) is 7.74. The van der Waals surface area contributed by atoms with Crippen LogP contribution in [0.2, 0.25) is 0 Å². The monoisotopic (exact) mass is 1300 g/mol. The Morgan fingerprint density at radius 1 is 0.556 bits per heavy atom. The second-order valence-corrected chi connectivity index (χ2v) is 23.4. The van der Waals surface area contributed by atoms with Crippen molar-refractivity contribution in [1.82, 2.24) is 47.0 Å². The van der Waals surface area contributed by atoms with Crippen LogP contribution in [0.4, 0.5) is 0 Å². The number of hydrogen-bond donors (Lipinski definition) is 16. The van der Waals surface area contributed by atoms with Crippen molar-refractivity contribution >= 4 is 90.8 Å². The predicted molar refractivity (Wildman–Crippen MR) is 311 cm³/mol. The number of phosphoric ester groups is 1. The van der Waals surface area contributed by atoms with Gasteiger partial charge in [-0.2, -0.15) is 0 Å². The quantitative estimate of drug-likeness (QED) is 0.0290. The van der Waals surface area contributed by atoms with E-state index in [-0.39, 0.29) is 50.1 Å². The second kappa shape index (κ2) is 35.8. The average Bonchev–Trinajstić information content (AvgIpc) is 1.72. The Hall–Kier alpha value is -8.33. The SMILES string of the molecule is CC[C@H](C)[C@H](NC(=O)[C@@H]1CCCN1C(=O)[C@@H](NC(=O)[C@H](CCC(=O)O)NC(=O)[C@H](CCC(=O)O)NC(=O)[C@H](Cc1ccc(OP(=O)(O)O)cc1)NC(=O)[C@H](CCC(N)=O)NC(=O)[C@@H]1CCCN1C(=O)[C@H](CCC(=O)O)NC(=O)[C@@H](N)[C@@H](C)O)[C@@H](C)CC)C(=O)O. The number of hydrogen-bond acceptors (Lipinski definition) is 18. The van der Waals surface area contributed by atoms with Crippen LogP contribution in [-0.2, 0) is 78.1 Å². The molecular weight excluding hydrogens is 1210 g/mol. The highest BCUT2D eigenvalue weighted by Crippen LogP contribution is 2.37. The highest BCUT2D eigenvalue weighted by atomic mass is 31.2. The number of aliphatic carboxylic acids is 4. The lowest BCUT2D eigenvalue weighted by Gasteiger charge is -2.33. The van der Waals surface area contributed by atoms with Crippen molar-refractivity contribution in [1.29, 1.82) is 0 Å². The van der Waals surface area contributed by atoms with E-state index in [2.05, 4.69) is 41.7 Å². The number of benzene rings is 1. The Kier molecular flexibility index (Phi) is 30.2. The van der Waals surface area contributed by atoms with Crippen molar-refractivity contribution in [3.05, 3.63) is 29.8 Å². The minimum atomic E-state index is -5.09. The number of carbonyl (C=O) groups excluding carboxylic acids is 10. The van der Waals surface area contributed by atoms with Crippen LogP contribution < -0.4 is 53.2 Å². The van der Waals surface area contributed by atoms with Gasteiger partial charge in [-0.15, -0.1) is 0 Å². The largest absolute Gasteiger partial charge is 0.524 e. The number of primary amides is 1. The highest BCUT2D eigenvalue weighted by Gasteiger charge is 2.43. The van der Waals surface area contributed by atoms with Crippen LogP contribution in [0, 0.1) is 11.8 Å². The summed E-state index contributed by atoms with van der Waals surface area (Å²) in [5.41, 5.74) is 11.3. The molecule has 0 bridgehead atoms. The van der Waals surface area contributed by atoms with Crippen molar-refractivity contribution in [3.63, 3.8) is 0 Å². The van der Waals surface area contributed by atoms with Gasteiger partial charge in [0.15, 0.2) is 0 Å². The Morgan fingerprint density at radius 3 is 1.40 bits per heavy atom. The van der Waals surface area contributed by atoms with Gasteiger partial charge >= 0.3 is 31.7 Å². The van der Waals surface area contributed by atoms with E-state index in [9.17, 15) is 107 Å². The number of carbonyl (C=O) groups is 14. The van der Waals surface area contributed by atoms with E-state index in [1.165, 1.54) is 24.0 Å². The molecule has 10 amide bonds. The molecule has 0 aliphatic carbocycles. The molecule has 90 heavy (non-hydrogen) atoms. The van der Waals surface area contributed by atoms with Crippen LogP contribution in [0.5, 0.6) is 5.75 Å². The van der Waals surface area contributed by atoms with Gasteiger partial charge in [-0.05, 0) is 87.8 Å². The number of phosphoric acid groups is 1. The molecule has 502 valence electrons. The third kappa shape index (κ3) is 24.2. The molecular formula is C55H84N11O23P. The standard InChI is InChI=1S/C55H84N11O23P/c1-6-27(3)44(54(83)66-25-9-11-38(66)51(80)64-45(55(84)85)28(4)7-2)63-48(77)34(18-22-41(71)72)58-46(75)33(17-21-40(69)70)59-49(78)36(26-30-12-14-31(15-13-30)89-90(86,87)88)62-47(76)32(16-20-39(56)68)60-50(79)37-10-8-24-65(37)53(82)35(19-23-42(73)74)61-52(81)43(57)29(5)67/h12-15,27-29,32-38,43-45,67H,6-11,16-26,57H2,1-5H3,(H2,56,68)(H,58,75)(H,59,78)(H,60,79)(H,61,81)(H,62,76)(H,63,77)(H,64,80)(H,69,70)(H,71,72)(H,73,74)(H,84,85)(H2,86,87,88)/t27-,28-,29+,32-,33-,34-,35-,36-,37-,38-,43-,44-,45-/m0/s1. The van der Waals surface area contributed by atoms with Crippen LogP contribution in [0.1, 0.15) is 130 Å². The molecule has 34 nitrogen and oxygen atoms in total. The number of aliphatic hydroxyl groups is 1. The van der Waals surface area contributed by atoms with Crippen molar-refractivity contribution in [2.75, 3.05) is 13.1 Å². The third-order valence-corrected chi connectivity index (χ3v) is 15.9. The maximum absolute atomic E-state index is 14.6. The Morgan fingerprint density at radius 2 is 0.956 bits per heavy atom. The van der Waals surface area contributed by atoms with Gasteiger partial charge in [-0.1, -0.05) is 52.7 Å². The van der Waals surface area contributed by atoms with Crippen LogP contribution in [-0.4, -0.2) is 208 Å². The predicted octanol–water partition coefficient (Wildman–Crippen LogP) is -3.18. The van der Waals surface area contributed by atoms with Crippen LogP contribution >= 0.6 is 7.82 Å². The topological polar surface area (TPSA) is 550 Å². The number of carboxylic acids is 4. The molecule has 1 aromatic rings. The van der Waals surface area contributed by atoms with E-state index in [0.717, 1.165) is 17.0 Å². The van der Waals surface area contributed by atoms with Gasteiger partial charge in [-0.25, -0.2) is 9.36 Å². The van der Waals surface area contributed by atoms with Gasteiger partial charge in [0.2, 0.25) is 59.1 Å². The van der Waals surface area contributed by atoms with E-state index in [0.29, 0.717) is 12.8 Å². The minimum Gasteiger partial charge on any atom is -0.481 e. The second-order valence-electron chi connectivity index (χ2n) is 22.3. The molecule has 0 unspecified atom stereocenters. The molecule has 3 rings (SSSR count). The van der Waals surface area contributed by atoms with E-state index < -0.39 is 227 Å². The number of nitrogens with one attached hydrogen (secondary N) is 7. The summed E-state index contributed by atoms with van der Waals surface area (Å²) >= 11 is 0. The fourth-order valence-electron chi connectivity index (χ4n) is 9.85. The van der Waals surface area contributed by atoms with Gasteiger partial charge in [0.1, 0.15) is 66.2 Å². The van der Waals surface area contributed by atoms with Gasteiger partial charge in [0.25, 0.3) is 0 Å². The normalized spacial score (nSPS) is 18.4. The van der Waals surface area contributed by atoms with E-state index in [1.54, 1.807) is 27.7 Å². The highest BCUT2D eigenvalue weighted by molar-refractivity contribution is 7.46. The lowest BCUT2D eigenvalue weighted by molar-refractivity contribution is -0.146. The molecule has 2 saturated heterocycles. The maximum atomic E-state index is 14.6. The molecule has 13 atom stereocenters. The molecule has 2 heterocycles. The molecule has 0 spiro atoms. The first-order valence-corrected chi connectivity index (χ1v) is 30.8. The zero-order valence-electron chi connectivity index (χ0n) is 50.5. The Bertz CT molecular complexity index is 2820. The minimum absolute atomic E-state index is 0.0265. The maximum Gasteiger partial charge on any atom is 0.524 e. The Balaban J connectivity index is 2.04. The molecule has 35 heteroatoms. The van der Waals surface area contributed by atoms with Crippen molar-refractivity contribution < 1.29 is 112 Å². The van der Waals surface area contributed by atoms with Crippen LogP contribution in [0.25, 0.3) is 0 Å². The van der Waals surface area contributed by atoms with E-state index in [1.807, 2.05) is 0 Å². The fraction of sp³-hybridized carbons (Fsp3) is 0.636. The van der Waals surface area contributed by atoms with Crippen molar-refractivity contribution in [2.24, 2.45) is 23.3 Å². The summed E-state index contributed by atoms with van der Waals surface area (Å²) in [5.74, 6) is -17.4. The van der Waals surface area contributed by atoms with Crippen molar-refractivity contribution in [3.8, 4) is 5.75 Å². The zero-order chi connectivity index (χ0) is 67.9. The number of carboxylic acid groups (broad SMARTS) is 4. The molecule has 2 aliphatic heterocycles. The van der Waals surface area contributed by atoms with Crippen LogP contribution in [0.3, 0.4) is 0 Å². The average molecular weight is 1300 g/mol. The summed E-state index contributed by atoms with van der Waals surface area (Å²) in [7, 11) is -5.09. The first-order chi connectivity index (χ1) is 42.1. The zero-order valence-corrected chi connectivity index (χ0v) is 51.4. The summed E-state index contributed by atoms with van der Waals surface area (Å²) in [6.07, 6.45) is -5.99. The summed E-state index contributed by atoms with van der Waals surface area (Å²) in [4.78, 5) is 207. The summed E-state index contributed by atoms with van der Waals surface area (Å²) < 4.78 is 16.2. The van der Waals surface area contributed by atoms with Gasteiger partial charge in [-0.3, -0.25) is 72.1 Å². The molecule has 0 aromatic heterocycles. The fourth-order valence-corrected chi connectivity index (χ4v) is 10.2. The number of rotatable bonds is 38. The third-order valence-electron chi connectivity index (χ3n) is 15.4. The van der Waals surface area contributed by atoms with Gasteiger partial charge in [0.05, 0.1) is 6.10 Å². The first-order valence-electron chi connectivity index (χ1n) is 29.3. The number of nitrogens with two attached hydrogens (primary N) is 2. The summed E-state index contributed by atoms with van der Waals surface area (Å²) in [6, 6.07) is -11.2. The van der Waals surface area contributed by atoms with E-state index >= 15 is 0 Å².